The standard InChI is InChI=1S/C21H21F3N4O2.C3H8/c1-30-18-11-16-13(12-28(27-16)14-6-3-2-4-7-14)10-17(18)26-20(29)15-8-5-9-19(25-15)21(22,23)24;1-3-2/h5,8-12,14H,2-4,6-7H2,1H3,(H,26,29);3H2,1-2H3. The summed E-state index contributed by atoms with van der Waals surface area (Å²) in [6.45, 7) is 4.25. The number of hydrogen-bond donors (Lipinski definition) is 1. The van der Waals surface area contributed by atoms with Crippen LogP contribution in [0.2, 0.25) is 0 Å². The number of nitrogens with zero attached hydrogens (tertiary/aromatic N) is 3. The quantitative estimate of drug-likeness (QED) is 0.472. The maximum atomic E-state index is 12.9. The van der Waals surface area contributed by atoms with Gasteiger partial charge in [-0.15, -0.1) is 0 Å². The number of carbonyl (C=O) groups excluding carboxylic acids is 1. The molecule has 33 heavy (non-hydrogen) atoms. The molecule has 9 heteroatoms. The third-order valence-electron chi connectivity index (χ3n) is 5.31. The summed E-state index contributed by atoms with van der Waals surface area (Å²) in [4.78, 5) is 16.0. The Hall–Kier alpha value is -3.10. The maximum absolute atomic E-state index is 12.9. The number of alkyl halides is 3. The van der Waals surface area contributed by atoms with E-state index < -0.39 is 17.8 Å². The lowest BCUT2D eigenvalue weighted by Gasteiger charge is -2.21. The molecule has 0 bridgehead atoms. The number of methoxy groups -OCH3 is 1. The zero-order chi connectivity index (χ0) is 24.0. The lowest BCUT2D eigenvalue weighted by molar-refractivity contribution is -0.141. The maximum Gasteiger partial charge on any atom is 0.433 e. The number of carbonyl (C=O) groups is 1. The normalized spacial score (nSPS) is 14.5. The molecular weight excluding hydrogens is 433 g/mol. The van der Waals surface area contributed by atoms with E-state index in [-0.39, 0.29) is 5.69 Å². The molecule has 6 nitrogen and oxygen atoms in total. The van der Waals surface area contributed by atoms with E-state index in [1.54, 1.807) is 12.1 Å². The van der Waals surface area contributed by atoms with Crippen LogP contribution in [-0.4, -0.2) is 27.8 Å². The van der Waals surface area contributed by atoms with Crippen LogP contribution in [0.15, 0.2) is 36.5 Å². The van der Waals surface area contributed by atoms with Gasteiger partial charge < -0.3 is 10.1 Å². The number of aromatic nitrogens is 3. The van der Waals surface area contributed by atoms with Crippen LogP contribution in [0.3, 0.4) is 0 Å². The minimum atomic E-state index is -4.62. The molecule has 1 aliphatic rings. The fraction of sp³-hybridized carbons (Fsp3) is 0.458. The van der Waals surface area contributed by atoms with Crippen LogP contribution in [0, 0.1) is 0 Å². The zero-order valence-electron chi connectivity index (χ0n) is 19.1. The molecule has 0 atom stereocenters. The molecule has 2 heterocycles. The monoisotopic (exact) mass is 462 g/mol. The van der Waals surface area contributed by atoms with Crippen LogP contribution in [0.4, 0.5) is 18.9 Å². The van der Waals surface area contributed by atoms with Gasteiger partial charge in [0, 0.05) is 17.6 Å². The Labute approximate surface area is 191 Å². The predicted octanol–water partition coefficient (Wildman–Crippen LogP) is 6.63. The van der Waals surface area contributed by atoms with E-state index in [4.69, 9.17) is 4.74 Å². The first-order chi connectivity index (χ1) is 15.8. The van der Waals surface area contributed by atoms with E-state index >= 15 is 0 Å². The second-order valence-electron chi connectivity index (χ2n) is 8.08. The van der Waals surface area contributed by atoms with Crippen LogP contribution < -0.4 is 10.1 Å². The Kier molecular flexibility index (Phi) is 7.94. The van der Waals surface area contributed by atoms with Crippen LogP contribution in [0.25, 0.3) is 10.9 Å². The highest BCUT2D eigenvalue weighted by atomic mass is 19.4. The van der Waals surface area contributed by atoms with Crippen molar-refractivity contribution in [1.29, 1.82) is 0 Å². The highest BCUT2D eigenvalue weighted by molar-refractivity contribution is 6.05. The summed E-state index contributed by atoms with van der Waals surface area (Å²) in [5, 5.41) is 8.07. The van der Waals surface area contributed by atoms with Crippen molar-refractivity contribution < 1.29 is 22.7 Å². The molecular formula is C24H29F3N4O2. The highest BCUT2D eigenvalue weighted by Crippen LogP contribution is 2.33. The van der Waals surface area contributed by atoms with Crippen molar-refractivity contribution in [2.75, 3.05) is 12.4 Å². The largest absolute Gasteiger partial charge is 0.494 e. The average molecular weight is 463 g/mol. The molecule has 1 saturated carbocycles. The molecule has 0 aliphatic heterocycles. The lowest BCUT2D eigenvalue weighted by atomic mass is 9.96. The summed E-state index contributed by atoms with van der Waals surface area (Å²) < 4.78 is 46.0. The Morgan fingerprint density at radius 3 is 2.52 bits per heavy atom. The molecule has 4 rings (SSSR count). The summed E-state index contributed by atoms with van der Waals surface area (Å²) in [6, 6.07) is 6.99. The number of hydrogen-bond acceptors (Lipinski definition) is 4. The van der Waals surface area contributed by atoms with Crippen molar-refractivity contribution in [2.24, 2.45) is 0 Å². The van der Waals surface area contributed by atoms with Crippen LogP contribution in [-0.2, 0) is 6.18 Å². The number of pyridine rings is 1. The number of nitrogens with one attached hydrogen (secondary N) is 1. The molecule has 0 radical (unpaired) electrons. The van der Waals surface area contributed by atoms with E-state index in [9.17, 15) is 18.0 Å². The highest BCUT2D eigenvalue weighted by Gasteiger charge is 2.33. The molecule has 1 aromatic carbocycles. The smallest absolute Gasteiger partial charge is 0.433 e. The first-order valence-electron chi connectivity index (χ1n) is 11.2. The molecule has 0 spiro atoms. The van der Waals surface area contributed by atoms with Crippen molar-refractivity contribution in [3.05, 3.63) is 47.9 Å². The van der Waals surface area contributed by atoms with Gasteiger partial charge in [0.2, 0.25) is 0 Å². The second-order valence-corrected chi connectivity index (χ2v) is 8.08. The van der Waals surface area contributed by atoms with E-state index in [1.807, 2.05) is 10.9 Å². The minimum absolute atomic E-state index is 0.329. The first kappa shape index (κ1) is 24.5. The van der Waals surface area contributed by atoms with Gasteiger partial charge in [0.1, 0.15) is 17.1 Å². The van der Waals surface area contributed by atoms with Gasteiger partial charge in [-0.3, -0.25) is 9.48 Å². The van der Waals surface area contributed by atoms with Gasteiger partial charge in [0.05, 0.1) is 24.4 Å². The van der Waals surface area contributed by atoms with Gasteiger partial charge in [0.25, 0.3) is 5.91 Å². The second kappa shape index (κ2) is 10.7. The van der Waals surface area contributed by atoms with Crippen molar-refractivity contribution in [1.82, 2.24) is 14.8 Å². The summed E-state index contributed by atoms with van der Waals surface area (Å²) in [5.74, 6) is -0.379. The molecule has 1 N–H and O–H groups in total. The molecule has 0 saturated heterocycles. The van der Waals surface area contributed by atoms with E-state index in [1.165, 1.54) is 38.9 Å². The van der Waals surface area contributed by atoms with Crippen LogP contribution in [0.1, 0.15) is 74.6 Å². The zero-order valence-corrected chi connectivity index (χ0v) is 19.1. The summed E-state index contributed by atoms with van der Waals surface area (Å²) in [7, 11) is 1.46. The number of amides is 1. The van der Waals surface area contributed by atoms with Crippen molar-refractivity contribution in [3.63, 3.8) is 0 Å². The molecule has 178 valence electrons. The molecule has 2 aromatic heterocycles. The lowest BCUT2D eigenvalue weighted by Crippen LogP contribution is -2.17. The number of rotatable bonds is 4. The number of anilines is 1. The third kappa shape index (κ3) is 6.03. The van der Waals surface area contributed by atoms with Crippen molar-refractivity contribution in [3.8, 4) is 5.75 Å². The van der Waals surface area contributed by atoms with Crippen LogP contribution in [0.5, 0.6) is 5.75 Å². The molecule has 0 unspecified atom stereocenters. The summed E-state index contributed by atoms with van der Waals surface area (Å²) >= 11 is 0. The Morgan fingerprint density at radius 2 is 1.88 bits per heavy atom. The Bertz CT molecular complexity index is 1090. The first-order valence-corrected chi connectivity index (χ1v) is 11.2. The predicted molar refractivity (Wildman–Crippen MR) is 122 cm³/mol. The number of benzene rings is 1. The van der Waals surface area contributed by atoms with Gasteiger partial charge in [-0.05, 0) is 31.0 Å². The van der Waals surface area contributed by atoms with Gasteiger partial charge >= 0.3 is 6.18 Å². The summed E-state index contributed by atoms with van der Waals surface area (Å²) in [5.41, 5.74) is -0.374. The fourth-order valence-corrected chi connectivity index (χ4v) is 3.78. The fourth-order valence-electron chi connectivity index (χ4n) is 3.78. The number of halogens is 3. The van der Waals surface area contributed by atoms with E-state index in [0.717, 1.165) is 35.9 Å². The summed E-state index contributed by atoms with van der Waals surface area (Å²) in [6.07, 6.45) is 4.31. The van der Waals surface area contributed by atoms with Gasteiger partial charge in [-0.1, -0.05) is 45.6 Å². The molecule has 1 amide bonds. The van der Waals surface area contributed by atoms with E-state index in [2.05, 4.69) is 29.2 Å². The Morgan fingerprint density at radius 1 is 1.18 bits per heavy atom. The molecule has 1 fully saturated rings. The van der Waals surface area contributed by atoms with Crippen molar-refractivity contribution >= 4 is 22.5 Å². The van der Waals surface area contributed by atoms with Gasteiger partial charge in [-0.2, -0.15) is 18.3 Å². The molecule has 1 aliphatic carbocycles. The van der Waals surface area contributed by atoms with Gasteiger partial charge in [-0.25, -0.2) is 4.98 Å². The van der Waals surface area contributed by atoms with Crippen LogP contribution >= 0.6 is 0 Å². The number of fused-ring (bicyclic) bond motifs is 1. The average Bonchev–Trinajstić information content (AvgIpc) is 3.22. The molecule has 3 aromatic rings. The topological polar surface area (TPSA) is 69.0 Å². The SMILES string of the molecule is CCC.COc1cc2nn(C3CCCCC3)cc2cc1NC(=O)c1cccc(C(F)(F)F)n1. The Balaban J connectivity index is 0.000000968. The number of ether oxygens (including phenoxy) is 1. The van der Waals surface area contributed by atoms with Crippen molar-refractivity contribution in [2.45, 2.75) is 64.6 Å². The third-order valence-corrected chi connectivity index (χ3v) is 5.31. The van der Waals surface area contributed by atoms with E-state index in [0.29, 0.717) is 17.5 Å². The minimum Gasteiger partial charge on any atom is -0.494 e. The van der Waals surface area contributed by atoms with Gasteiger partial charge in [0.15, 0.2) is 0 Å².